The molecule has 17 heavy (non-hydrogen) atoms. The first-order chi connectivity index (χ1) is 8.21. The summed E-state index contributed by atoms with van der Waals surface area (Å²) in [5, 5.41) is 0. The molecule has 0 atom stereocenters. The summed E-state index contributed by atoms with van der Waals surface area (Å²) in [5.41, 5.74) is 1.39. The molecule has 3 rings (SSSR count). The molecule has 3 heterocycles. The summed E-state index contributed by atoms with van der Waals surface area (Å²) in [6, 6.07) is 4.66. The SMILES string of the molecule is CC(C)N1CCC2(CC1)COc1cccnc12. The van der Waals surface area contributed by atoms with Gasteiger partial charge in [-0.05, 0) is 51.9 Å². The van der Waals surface area contributed by atoms with Gasteiger partial charge < -0.3 is 9.64 Å². The van der Waals surface area contributed by atoms with Crippen molar-refractivity contribution >= 4 is 0 Å². The van der Waals surface area contributed by atoms with Gasteiger partial charge in [0, 0.05) is 12.2 Å². The summed E-state index contributed by atoms with van der Waals surface area (Å²) in [5.74, 6) is 1.01. The number of pyridine rings is 1. The zero-order valence-corrected chi connectivity index (χ0v) is 10.6. The van der Waals surface area contributed by atoms with Gasteiger partial charge in [-0.3, -0.25) is 4.98 Å². The number of nitrogens with zero attached hydrogens (tertiary/aromatic N) is 2. The molecule has 3 nitrogen and oxygen atoms in total. The van der Waals surface area contributed by atoms with Gasteiger partial charge in [-0.2, -0.15) is 0 Å². The molecule has 1 spiro atoms. The summed E-state index contributed by atoms with van der Waals surface area (Å²) in [7, 11) is 0. The molecule has 3 heteroatoms. The van der Waals surface area contributed by atoms with Crippen molar-refractivity contribution in [3.8, 4) is 5.75 Å². The van der Waals surface area contributed by atoms with E-state index in [1.807, 2.05) is 18.3 Å². The van der Waals surface area contributed by atoms with Gasteiger partial charge in [0.25, 0.3) is 0 Å². The van der Waals surface area contributed by atoms with E-state index in [0.717, 1.165) is 25.4 Å². The predicted octanol–water partition coefficient (Wildman–Crippen LogP) is 2.22. The molecule has 0 saturated carbocycles. The third-order valence-electron chi connectivity index (χ3n) is 4.26. The average molecular weight is 232 g/mol. The lowest BCUT2D eigenvalue weighted by molar-refractivity contribution is 0.111. The van der Waals surface area contributed by atoms with E-state index < -0.39 is 0 Å². The van der Waals surface area contributed by atoms with Crippen molar-refractivity contribution in [3.63, 3.8) is 0 Å². The Labute approximate surface area is 103 Å². The Morgan fingerprint density at radius 3 is 2.82 bits per heavy atom. The Morgan fingerprint density at radius 1 is 1.35 bits per heavy atom. The highest BCUT2D eigenvalue weighted by molar-refractivity contribution is 5.38. The number of hydrogen-bond donors (Lipinski definition) is 0. The van der Waals surface area contributed by atoms with Crippen LogP contribution in [0.1, 0.15) is 32.4 Å². The maximum atomic E-state index is 5.81. The highest BCUT2D eigenvalue weighted by Gasteiger charge is 2.44. The van der Waals surface area contributed by atoms with Crippen molar-refractivity contribution in [2.45, 2.75) is 38.1 Å². The summed E-state index contributed by atoms with van der Waals surface area (Å²) >= 11 is 0. The summed E-state index contributed by atoms with van der Waals surface area (Å²) in [6.45, 7) is 7.70. The Morgan fingerprint density at radius 2 is 2.12 bits per heavy atom. The van der Waals surface area contributed by atoms with Crippen molar-refractivity contribution in [2.75, 3.05) is 19.7 Å². The molecular formula is C14H20N2O. The Hall–Kier alpha value is -1.09. The second-order valence-electron chi connectivity index (χ2n) is 5.55. The number of fused-ring (bicyclic) bond motifs is 2. The van der Waals surface area contributed by atoms with Crippen molar-refractivity contribution in [1.29, 1.82) is 0 Å². The first-order valence-corrected chi connectivity index (χ1v) is 6.54. The normalized spacial score (nSPS) is 22.8. The molecule has 1 saturated heterocycles. The smallest absolute Gasteiger partial charge is 0.141 e. The van der Waals surface area contributed by atoms with Gasteiger partial charge in [0.15, 0.2) is 0 Å². The highest BCUT2D eigenvalue weighted by Crippen LogP contribution is 2.44. The van der Waals surface area contributed by atoms with Gasteiger partial charge in [-0.25, -0.2) is 0 Å². The predicted molar refractivity (Wildman–Crippen MR) is 67.4 cm³/mol. The van der Waals surface area contributed by atoms with Crippen LogP contribution in [0.2, 0.25) is 0 Å². The van der Waals surface area contributed by atoms with Crippen LogP contribution >= 0.6 is 0 Å². The quantitative estimate of drug-likeness (QED) is 0.742. The average Bonchev–Trinajstić information content (AvgIpc) is 2.70. The zero-order chi connectivity index (χ0) is 11.9. The summed E-state index contributed by atoms with van der Waals surface area (Å²) in [6.07, 6.45) is 4.24. The van der Waals surface area contributed by atoms with Gasteiger partial charge in [-0.15, -0.1) is 0 Å². The molecule has 1 aromatic rings. The third kappa shape index (κ3) is 1.73. The maximum Gasteiger partial charge on any atom is 0.141 e. The van der Waals surface area contributed by atoms with Crippen LogP contribution in [0.25, 0.3) is 0 Å². The number of likely N-dealkylation sites (tertiary alicyclic amines) is 1. The van der Waals surface area contributed by atoms with E-state index in [0.29, 0.717) is 6.04 Å². The molecule has 1 aromatic heterocycles. The highest BCUT2D eigenvalue weighted by atomic mass is 16.5. The largest absolute Gasteiger partial charge is 0.491 e. The van der Waals surface area contributed by atoms with Gasteiger partial charge in [-0.1, -0.05) is 0 Å². The molecular weight excluding hydrogens is 212 g/mol. The molecule has 2 aliphatic heterocycles. The second-order valence-corrected chi connectivity index (χ2v) is 5.55. The Bertz CT molecular complexity index is 408. The fraction of sp³-hybridized carbons (Fsp3) is 0.643. The lowest BCUT2D eigenvalue weighted by Crippen LogP contribution is -2.46. The van der Waals surface area contributed by atoms with Crippen LogP contribution in [0.5, 0.6) is 5.75 Å². The monoisotopic (exact) mass is 232 g/mol. The molecule has 1 fully saturated rings. The third-order valence-corrected chi connectivity index (χ3v) is 4.26. The molecule has 0 unspecified atom stereocenters. The van der Waals surface area contributed by atoms with Crippen molar-refractivity contribution in [1.82, 2.24) is 9.88 Å². The van der Waals surface area contributed by atoms with Crippen LogP contribution < -0.4 is 4.74 Å². The summed E-state index contributed by atoms with van der Waals surface area (Å²) < 4.78 is 5.81. The number of hydrogen-bond acceptors (Lipinski definition) is 3. The molecule has 0 amide bonds. The lowest BCUT2D eigenvalue weighted by atomic mass is 9.77. The van der Waals surface area contributed by atoms with E-state index in [9.17, 15) is 0 Å². The van der Waals surface area contributed by atoms with E-state index >= 15 is 0 Å². The number of rotatable bonds is 1. The van der Waals surface area contributed by atoms with Gasteiger partial charge in [0.2, 0.25) is 0 Å². The van der Waals surface area contributed by atoms with E-state index in [2.05, 4.69) is 23.7 Å². The van der Waals surface area contributed by atoms with Crippen LogP contribution in [0.4, 0.5) is 0 Å². The molecule has 0 aliphatic carbocycles. The Balaban J connectivity index is 1.82. The molecule has 2 aliphatic rings. The van der Waals surface area contributed by atoms with Crippen molar-refractivity contribution < 1.29 is 4.74 Å². The fourth-order valence-electron chi connectivity index (χ4n) is 3.04. The minimum atomic E-state index is 0.196. The lowest BCUT2D eigenvalue weighted by Gasteiger charge is -2.39. The molecule has 0 bridgehead atoms. The van der Waals surface area contributed by atoms with Crippen LogP contribution in [0, 0.1) is 0 Å². The van der Waals surface area contributed by atoms with Crippen molar-refractivity contribution in [2.24, 2.45) is 0 Å². The molecule has 92 valence electrons. The van der Waals surface area contributed by atoms with Crippen molar-refractivity contribution in [3.05, 3.63) is 24.0 Å². The number of piperidine rings is 1. The van der Waals surface area contributed by atoms with Crippen LogP contribution in [0.3, 0.4) is 0 Å². The minimum Gasteiger partial charge on any atom is -0.491 e. The second kappa shape index (κ2) is 3.98. The fourth-order valence-corrected chi connectivity index (χ4v) is 3.04. The maximum absolute atomic E-state index is 5.81. The molecule has 0 N–H and O–H groups in total. The van der Waals surface area contributed by atoms with Crippen LogP contribution in [-0.4, -0.2) is 35.6 Å². The number of aromatic nitrogens is 1. The van der Waals surface area contributed by atoms with Gasteiger partial charge in [0.1, 0.15) is 5.75 Å². The topological polar surface area (TPSA) is 25.4 Å². The van der Waals surface area contributed by atoms with E-state index in [1.54, 1.807) is 0 Å². The van der Waals surface area contributed by atoms with Gasteiger partial charge in [0.05, 0.1) is 17.7 Å². The minimum absolute atomic E-state index is 0.196. The van der Waals surface area contributed by atoms with E-state index in [4.69, 9.17) is 4.74 Å². The molecule has 0 radical (unpaired) electrons. The standard InChI is InChI=1S/C14H20N2O/c1-11(2)16-8-5-14(6-9-16)10-17-12-4-3-7-15-13(12)14/h3-4,7,11H,5-6,8-10H2,1-2H3. The van der Waals surface area contributed by atoms with E-state index in [-0.39, 0.29) is 5.41 Å². The van der Waals surface area contributed by atoms with Gasteiger partial charge >= 0.3 is 0 Å². The Kier molecular flexibility index (Phi) is 2.58. The van der Waals surface area contributed by atoms with Crippen LogP contribution in [0.15, 0.2) is 18.3 Å². The number of ether oxygens (including phenoxy) is 1. The first kappa shape index (κ1) is 11.0. The van der Waals surface area contributed by atoms with Crippen LogP contribution in [-0.2, 0) is 5.41 Å². The summed E-state index contributed by atoms with van der Waals surface area (Å²) in [4.78, 5) is 7.11. The first-order valence-electron chi connectivity index (χ1n) is 6.54. The molecule has 0 aromatic carbocycles. The van der Waals surface area contributed by atoms with E-state index in [1.165, 1.54) is 18.5 Å². The zero-order valence-electron chi connectivity index (χ0n) is 10.6.